The van der Waals surface area contributed by atoms with E-state index in [0.717, 1.165) is 41.6 Å². The average Bonchev–Trinajstić information content (AvgIpc) is 2.85. The summed E-state index contributed by atoms with van der Waals surface area (Å²) in [6, 6.07) is 21.1. The Bertz CT molecular complexity index is 1140. The Labute approximate surface area is 202 Å². The van der Waals surface area contributed by atoms with Gasteiger partial charge in [-0.15, -0.1) is 0 Å². The van der Waals surface area contributed by atoms with Gasteiger partial charge in [-0.25, -0.2) is 0 Å². The second-order valence-electron chi connectivity index (χ2n) is 8.73. The highest BCUT2D eigenvalue weighted by molar-refractivity contribution is 5.73. The Hall–Kier alpha value is -3.40. The van der Waals surface area contributed by atoms with Crippen LogP contribution in [-0.2, 0) is 26.2 Å². The quantitative estimate of drug-likeness (QED) is 0.262. The van der Waals surface area contributed by atoms with Gasteiger partial charge in [0.2, 0.25) is 0 Å². The molecule has 0 bridgehead atoms. The third kappa shape index (κ3) is 5.22. The molecule has 0 aliphatic rings. The van der Waals surface area contributed by atoms with Gasteiger partial charge in [0.15, 0.2) is 6.29 Å². The van der Waals surface area contributed by atoms with Crippen molar-refractivity contribution < 1.29 is 19.1 Å². The molecular formula is C30H34O4. The van der Waals surface area contributed by atoms with Crippen LogP contribution in [-0.4, -0.2) is 26.0 Å². The molecule has 0 aromatic heterocycles. The smallest absolute Gasteiger partial charge is 0.309 e. The van der Waals surface area contributed by atoms with Crippen molar-refractivity contribution in [2.45, 2.75) is 52.4 Å². The molecule has 0 saturated heterocycles. The molecule has 0 heterocycles. The fraction of sp³-hybridized carbons (Fsp3) is 0.333. The minimum atomic E-state index is -0.234. The number of hydrogen-bond donors (Lipinski definition) is 0. The molecule has 0 radical (unpaired) electrons. The molecule has 0 aliphatic heterocycles. The van der Waals surface area contributed by atoms with Crippen LogP contribution < -0.4 is 4.74 Å². The first-order valence-corrected chi connectivity index (χ1v) is 11.8. The van der Waals surface area contributed by atoms with E-state index < -0.39 is 0 Å². The summed E-state index contributed by atoms with van der Waals surface area (Å²) in [6.07, 6.45) is 2.99. The van der Waals surface area contributed by atoms with Gasteiger partial charge in [0.1, 0.15) is 12.4 Å². The van der Waals surface area contributed by atoms with E-state index in [1.165, 1.54) is 29.4 Å². The third-order valence-electron chi connectivity index (χ3n) is 6.86. The summed E-state index contributed by atoms with van der Waals surface area (Å²) in [5.41, 5.74) is 7.94. The van der Waals surface area contributed by atoms with Crippen LogP contribution in [0, 0.1) is 13.8 Å². The molecule has 3 rings (SSSR count). The fourth-order valence-electron chi connectivity index (χ4n) is 4.79. The van der Waals surface area contributed by atoms with Crippen LogP contribution in [0.2, 0.25) is 0 Å². The number of carbonyl (C=O) groups excluding carboxylic acids is 2. The third-order valence-corrected chi connectivity index (χ3v) is 6.86. The van der Waals surface area contributed by atoms with E-state index in [9.17, 15) is 9.59 Å². The van der Waals surface area contributed by atoms with Crippen LogP contribution in [0.25, 0.3) is 11.1 Å². The maximum Gasteiger partial charge on any atom is 0.309 e. The molecule has 3 aromatic rings. The maximum atomic E-state index is 11.5. The minimum Gasteiger partial charge on any atom is -0.486 e. The summed E-state index contributed by atoms with van der Waals surface area (Å²) in [4.78, 5) is 22.2. The number of rotatable bonds is 10. The SMILES string of the molecule is CCC(CC)(c1ccc(OCC=O)c(C)c1)c1ccc(-c2ccc(CC(=O)OC)cc2)c(C)c1. The summed E-state index contributed by atoms with van der Waals surface area (Å²) in [6.45, 7) is 8.71. The zero-order valence-electron chi connectivity index (χ0n) is 20.8. The van der Waals surface area contributed by atoms with Crippen molar-refractivity contribution in [2.75, 3.05) is 13.7 Å². The number of carbonyl (C=O) groups is 2. The van der Waals surface area contributed by atoms with Crippen LogP contribution in [0.15, 0.2) is 60.7 Å². The van der Waals surface area contributed by atoms with Crippen LogP contribution >= 0.6 is 0 Å². The fourth-order valence-corrected chi connectivity index (χ4v) is 4.79. The van der Waals surface area contributed by atoms with Gasteiger partial charge in [-0.1, -0.05) is 68.4 Å². The van der Waals surface area contributed by atoms with E-state index in [-0.39, 0.29) is 24.4 Å². The Morgan fingerprint density at radius 1 is 0.882 bits per heavy atom. The van der Waals surface area contributed by atoms with Crippen LogP contribution in [0.3, 0.4) is 0 Å². The van der Waals surface area contributed by atoms with Crippen molar-refractivity contribution in [3.8, 4) is 16.9 Å². The van der Waals surface area contributed by atoms with Crippen molar-refractivity contribution in [1.82, 2.24) is 0 Å². The van der Waals surface area contributed by atoms with Gasteiger partial charge in [-0.2, -0.15) is 0 Å². The predicted octanol–water partition coefficient (Wildman–Crippen LogP) is 6.37. The molecule has 0 amide bonds. The minimum absolute atomic E-state index is 0.0667. The van der Waals surface area contributed by atoms with Crippen molar-refractivity contribution >= 4 is 12.3 Å². The first-order valence-electron chi connectivity index (χ1n) is 11.8. The largest absolute Gasteiger partial charge is 0.486 e. The number of esters is 1. The van der Waals surface area contributed by atoms with E-state index in [1.54, 1.807) is 0 Å². The molecule has 0 N–H and O–H groups in total. The van der Waals surface area contributed by atoms with Gasteiger partial charge in [-0.3, -0.25) is 9.59 Å². The zero-order valence-corrected chi connectivity index (χ0v) is 20.8. The second-order valence-corrected chi connectivity index (χ2v) is 8.73. The first kappa shape index (κ1) is 25.2. The van der Waals surface area contributed by atoms with Gasteiger partial charge in [0, 0.05) is 5.41 Å². The zero-order chi connectivity index (χ0) is 24.7. The molecular weight excluding hydrogens is 424 g/mol. The number of benzene rings is 3. The Kier molecular flexibility index (Phi) is 8.27. The van der Waals surface area contributed by atoms with Crippen molar-refractivity contribution in [3.63, 3.8) is 0 Å². The highest BCUT2D eigenvalue weighted by Crippen LogP contribution is 2.41. The predicted molar refractivity (Wildman–Crippen MR) is 136 cm³/mol. The average molecular weight is 459 g/mol. The molecule has 0 spiro atoms. The highest BCUT2D eigenvalue weighted by Gasteiger charge is 2.31. The van der Waals surface area contributed by atoms with E-state index in [4.69, 9.17) is 9.47 Å². The van der Waals surface area contributed by atoms with E-state index >= 15 is 0 Å². The number of hydrogen-bond acceptors (Lipinski definition) is 4. The Balaban J connectivity index is 1.95. The Morgan fingerprint density at radius 2 is 1.50 bits per heavy atom. The molecule has 178 valence electrons. The van der Waals surface area contributed by atoms with Gasteiger partial charge in [-0.05, 0) is 71.7 Å². The maximum absolute atomic E-state index is 11.5. The first-order chi connectivity index (χ1) is 16.4. The lowest BCUT2D eigenvalue weighted by Gasteiger charge is -2.34. The molecule has 0 saturated carbocycles. The number of ether oxygens (including phenoxy) is 2. The molecule has 0 fully saturated rings. The van der Waals surface area contributed by atoms with Gasteiger partial charge in [0.25, 0.3) is 0 Å². The molecule has 0 atom stereocenters. The lowest BCUT2D eigenvalue weighted by molar-refractivity contribution is -0.139. The standard InChI is InChI=1S/C30H34O4/c1-6-30(7-2,26-13-15-28(22(4)19-26)34-17-16-31)25-12-14-27(21(3)18-25)24-10-8-23(9-11-24)20-29(32)33-5/h8-16,18-19H,6-7,17,20H2,1-5H3. The monoisotopic (exact) mass is 458 g/mol. The Morgan fingerprint density at radius 3 is 2.03 bits per heavy atom. The van der Waals surface area contributed by atoms with E-state index in [2.05, 4.69) is 63.2 Å². The molecule has 4 heteroatoms. The summed E-state index contributed by atoms with van der Waals surface area (Å²) in [7, 11) is 1.41. The van der Waals surface area contributed by atoms with Crippen LogP contribution in [0.4, 0.5) is 0 Å². The summed E-state index contributed by atoms with van der Waals surface area (Å²) >= 11 is 0. The molecule has 4 nitrogen and oxygen atoms in total. The van der Waals surface area contributed by atoms with Crippen molar-refractivity contribution in [1.29, 1.82) is 0 Å². The van der Waals surface area contributed by atoms with Crippen LogP contribution in [0.1, 0.15) is 54.5 Å². The van der Waals surface area contributed by atoms with Crippen molar-refractivity contribution in [2.24, 2.45) is 0 Å². The highest BCUT2D eigenvalue weighted by atomic mass is 16.5. The van der Waals surface area contributed by atoms with E-state index in [1.807, 2.05) is 25.1 Å². The lowest BCUT2D eigenvalue weighted by atomic mass is 9.69. The molecule has 0 unspecified atom stereocenters. The van der Waals surface area contributed by atoms with Gasteiger partial charge >= 0.3 is 5.97 Å². The normalized spacial score (nSPS) is 11.2. The van der Waals surface area contributed by atoms with Gasteiger partial charge in [0.05, 0.1) is 13.5 Å². The number of aldehydes is 1. The summed E-state index contributed by atoms with van der Waals surface area (Å²) < 4.78 is 10.3. The molecule has 34 heavy (non-hydrogen) atoms. The van der Waals surface area contributed by atoms with Crippen molar-refractivity contribution in [3.05, 3.63) is 88.5 Å². The van der Waals surface area contributed by atoms with Crippen LogP contribution in [0.5, 0.6) is 5.75 Å². The molecule has 3 aromatic carbocycles. The summed E-state index contributed by atoms with van der Waals surface area (Å²) in [5, 5.41) is 0. The topological polar surface area (TPSA) is 52.6 Å². The van der Waals surface area contributed by atoms with E-state index in [0.29, 0.717) is 0 Å². The lowest BCUT2D eigenvalue weighted by Crippen LogP contribution is -2.26. The number of methoxy groups -OCH3 is 1. The number of aryl methyl sites for hydroxylation is 2. The van der Waals surface area contributed by atoms with Gasteiger partial charge < -0.3 is 9.47 Å². The molecule has 0 aliphatic carbocycles. The second kappa shape index (κ2) is 11.1. The summed E-state index contributed by atoms with van der Waals surface area (Å²) in [5.74, 6) is 0.515.